The average molecular weight is 300 g/mol. The summed E-state index contributed by atoms with van der Waals surface area (Å²) in [5.74, 6) is 1.97. The van der Waals surface area contributed by atoms with Crippen LogP contribution >= 0.6 is 23.1 Å². The second kappa shape index (κ2) is 5.05. The van der Waals surface area contributed by atoms with Gasteiger partial charge in [-0.3, -0.25) is 0 Å². The second-order valence-corrected chi connectivity index (χ2v) is 9.54. The van der Waals surface area contributed by atoms with Crippen molar-refractivity contribution < 1.29 is 5.11 Å². The van der Waals surface area contributed by atoms with Gasteiger partial charge < -0.3 is 5.11 Å². The smallest absolute Gasteiger partial charge is 0.0957 e. The van der Waals surface area contributed by atoms with Crippen molar-refractivity contribution in [3.63, 3.8) is 0 Å². The maximum atomic E-state index is 10.8. The third kappa shape index (κ3) is 3.96. The highest BCUT2D eigenvalue weighted by molar-refractivity contribution is 7.99. The van der Waals surface area contributed by atoms with Gasteiger partial charge in [-0.1, -0.05) is 34.6 Å². The molecule has 1 fully saturated rings. The lowest BCUT2D eigenvalue weighted by Gasteiger charge is -2.40. The highest BCUT2D eigenvalue weighted by Gasteiger charge is 2.39. The van der Waals surface area contributed by atoms with Gasteiger partial charge in [-0.25, -0.2) is 4.98 Å². The predicted molar refractivity (Wildman–Crippen MR) is 85.2 cm³/mol. The Morgan fingerprint density at radius 2 is 2.00 bits per heavy atom. The van der Waals surface area contributed by atoms with E-state index in [0.717, 1.165) is 28.6 Å². The Balaban J connectivity index is 2.10. The average Bonchev–Trinajstić information content (AvgIpc) is 2.62. The molecule has 0 radical (unpaired) electrons. The van der Waals surface area contributed by atoms with Crippen molar-refractivity contribution in [2.45, 2.75) is 58.5 Å². The molecule has 108 valence electrons. The van der Waals surface area contributed by atoms with Crippen molar-refractivity contribution in [3.8, 4) is 0 Å². The molecule has 0 amide bonds. The summed E-state index contributed by atoms with van der Waals surface area (Å²) in [6, 6.07) is 0. The third-order valence-corrected chi connectivity index (χ3v) is 6.05. The van der Waals surface area contributed by atoms with E-state index in [2.05, 4.69) is 40.0 Å². The van der Waals surface area contributed by atoms with E-state index >= 15 is 0 Å². The van der Waals surface area contributed by atoms with Crippen LogP contribution in [-0.4, -0.2) is 27.2 Å². The van der Waals surface area contributed by atoms with E-state index in [4.69, 9.17) is 4.98 Å². The van der Waals surface area contributed by atoms with Gasteiger partial charge in [-0.05, 0) is 17.6 Å². The van der Waals surface area contributed by atoms with E-state index < -0.39 is 5.60 Å². The molecule has 0 bridgehead atoms. The maximum Gasteiger partial charge on any atom is 0.0957 e. The Morgan fingerprint density at radius 1 is 1.32 bits per heavy atom. The van der Waals surface area contributed by atoms with E-state index in [1.165, 1.54) is 0 Å². The number of nitrogens with zero attached hydrogens (tertiary/aromatic N) is 1. The molecule has 4 heteroatoms. The molecule has 2 heterocycles. The Bertz CT molecular complexity index is 447. The molecule has 1 unspecified atom stereocenters. The summed E-state index contributed by atoms with van der Waals surface area (Å²) in [5, 5.41) is 14.0. The Morgan fingerprint density at radius 3 is 2.53 bits per heavy atom. The number of thiazole rings is 1. The molecule has 1 N–H and O–H groups in total. The van der Waals surface area contributed by atoms with Crippen LogP contribution in [0.15, 0.2) is 5.38 Å². The van der Waals surface area contributed by atoms with Gasteiger partial charge in [0.25, 0.3) is 0 Å². The number of thioether (sulfide) groups is 1. The first-order valence-corrected chi connectivity index (χ1v) is 8.88. The molecule has 1 aliphatic heterocycles. The van der Waals surface area contributed by atoms with Crippen LogP contribution in [0, 0.1) is 5.41 Å². The molecule has 1 atom stereocenters. The van der Waals surface area contributed by atoms with Crippen LogP contribution in [0.3, 0.4) is 0 Å². The van der Waals surface area contributed by atoms with Crippen LogP contribution in [0.25, 0.3) is 0 Å². The van der Waals surface area contributed by atoms with Gasteiger partial charge in [0.2, 0.25) is 0 Å². The van der Waals surface area contributed by atoms with Crippen molar-refractivity contribution in [1.82, 2.24) is 4.98 Å². The minimum Gasteiger partial charge on any atom is -0.389 e. The van der Waals surface area contributed by atoms with Gasteiger partial charge in [0.15, 0.2) is 0 Å². The van der Waals surface area contributed by atoms with Crippen LogP contribution in [0.5, 0.6) is 0 Å². The fourth-order valence-corrected chi connectivity index (χ4v) is 5.14. The molecule has 1 aliphatic rings. The van der Waals surface area contributed by atoms with Gasteiger partial charge in [-0.2, -0.15) is 11.8 Å². The van der Waals surface area contributed by atoms with E-state index in [9.17, 15) is 5.11 Å². The molecule has 2 nitrogen and oxygen atoms in total. The number of rotatable bonds is 2. The van der Waals surface area contributed by atoms with Crippen molar-refractivity contribution >= 4 is 23.1 Å². The zero-order chi connectivity index (χ0) is 14.3. The van der Waals surface area contributed by atoms with Crippen LogP contribution in [0.1, 0.15) is 51.7 Å². The fraction of sp³-hybridized carbons (Fsp3) is 0.800. The van der Waals surface area contributed by atoms with Gasteiger partial charge in [0, 0.05) is 23.0 Å². The topological polar surface area (TPSA) is 33.1 Å². The van der Waals surface area contributed by atoms with Gasteiger partial charge in [0.05, 0.1) is 16.3 Å². The minimum absolute atomic E-state index is 0.0952. The molecular weight excluding hydrogens is 274 g/mol. The predicted octanol–water partition coefficient (Wildman–Crippen LogP) is 3.88. The van der Waals surface area contributed by atoms with Crippen LogP contribution in [-0.2, 0) is 11.8 Å². The zero-order valence-electron chi connectivity index (χ0n) is 12.6. The minimum atomic E-state index is -0.584. The van der Waals surface area contributed by atoms with E-state index in [1.807, 2.05) is 11.8 Å². The monoisotopic (exact) mass is 299 g/mol. The standard InChI is InChI=1S/C15H25NOS2/c1-13(2,3)11-7-19-12(16-11)6-15(17)8-14(4,5)9-18-10-15/h7,17H,6,8-10H2,1-5H3. The largest absolute Gasteiger partial charge is 0.389 e. The Kier molecular flexibility index (Phi) is 4.07. The van der Waals surface area contributed by atoms with Crippen LogP contribution < -0.4 is 0 Å². The second-order valence-electron chi connectivity index (χ2n) is 7.61. The molecule has 1 saturated heterocycles. The molecule has 1 aromatic heterocycles. The molecular formula is C15H25NOS2. The van der Waals surface area contributed by atoms with Gasteiger partial charge in [0.1, 0.15) is 0 Å². The molecule has 0 saturated carbocycles. The lowest BCUT2D eigenvalue weighted by molar-refractivity contribution is 0.0199. The highest BCUT2D eigenvalue weighted by atomic mass is 32.2. The van der Waals surface area contributed by atoms with Crippen LogP contribution in [0.2, 0.25) is 0 Å². The summed E-state index contributed by atoms with van der Waals surface area (Å²) < 4.78 is 0. The Hall–Kier alpha value is -0.0600. The summed E-state index contributed by atoms with van der Waals surface area (Å²) in [5.41, 5.74) is 0.873. The molecule has 0 aliphatic carbocycles. The van der Waals surface area contributed by atoms with Crippen molar-refractivity contribution in [2.75, 3.05) is 11.5 Å². The Labute approximate surface area is 125 Å². The van der Waals surface area contributed by atoms with E-state index in [1.54, 1.807) is 11.3 Å². The first-order chi connectivity index (χ1) is 8.60. The maximum absolute atomic E-state index is 10.8. The number of hydrogen-bond acceptors (Lipinski definition) is 4. The van der Waals surface area contributed by atoms with E-state index in [-0.39, 0.29) is 10.8 Å². The number of hydrogen-bond donors (Lipinski definition) is 1. The third-order valence-electron chi connectivity index (χ3n) is 3.47. The molecule has 19 heavy (non-hydrogen) atoms. The summed E-state index contributed by atoms with van der Waals surface area (Å²) in [7, 11) is 0. The lowest BCUT2D eigenvalue weighted by atomic mass is 9.80. The molecule has 2 rings (SSSR count). The normalized spacial score (nSPS) is 27.5. The number of aliphatic hydroxyl groups is 1. The SMILES string of the molecule is CC1(C)CSCC(O)(Cc2nc(C(C)(C)C)cs2)C1. The van der Waals surface area contributed by atoms with Crippen molar-refractivity contribution in [1.29, 1.82) is 0 Å². The van der Waals surface area contributed by atoms with E-state index in [0.29, 0.717) is 6.42 Å². The first kappa shape index (κ1) is 15.3. The first-order valence-electron chi connectivity index (χ1n) is 6.85. The van der Waals surface area contributed by atoms with Crippen molar-refractivity contribution in [2.24, 2.45) is 5.41 Å². The van der Waals surface area contributed by atoms with Gasteiger partial charge in [-0.15, -0.1) is 11.3 Å². The van der Waals surface area contributed by atoms with Crippen molar-refractivity contribution in [3.05, 3.63) is 16.1 Å². The summed E-state index contributed by atoms with van der Waals surface area (Å²) in [4.78, 5) is 4.72. The summed E-state index contributed by atoms with van der Waals surface area (Å²) in [6.07, 6.45) is 1.57. The van der Waals surface area contributed by atoms with Gasteiger partial charge >= 0.3 is 0 Å². The fourth-order valence-electron chi connectivity index (χ4n) is 2.64. The molecule has 1 aromatic rings. The van der Waals surface area contributed by atoms with Crippen LogP contribution in [0.4, 0.5) is 0 Å². The number of aromatic nitrogens is 1. The summed E-state index contributed by atoms with van der Waals surface area (Å²) >= 11 is 3.56. The molecule has 0 spiro atoms. The lowest BCUT2D eigenvalue weighted by Crippen LogP contribution is -2.44. The quantitative estimate of drug-likeness (QED) is 0.899. The molecule has 0 aromatic carbocycles. The zero-order valence-corrected chi connectivity index (χ0v) is 14.2. The summed E-state index contributed by atoms with van der Waals surface area (Å²) in [6.45, 7) is 11.0. The highest BCUT2D eigenvalue weighted by Crippen LogP contribution is 2.41.